The summed E-state index contributed by atoms with van der Waals surface area (Å²) in [5, 5.41) is 8.84. The Bertz CT molecular complexity index is 517. The highest BCUT2D eigenvalue weighted by molar-refractivity contribution is 5.87. The maximum absolute atomic E-state index is 12.3. The van der Waals surface area contributed by atoms with Crippen molar-refractivity contribution >= 4 is 11.9 Å². The third kappa shape index (κ3) is 3.00. The van der Waals surface area contributed by atoms with E-state index >= 15 is 0 Å². The number of hydrogen-bond acceptors (Lipinski definition) is 2. The minimum absolute atomic E-state index is 0.0775. The van der Waals surface area contributed by atoms with Gasteiger partial charge < -0.3 is 10.0 Å². The fraction of sp³-hybridized carbons (Fsp3) is 0.500. The van der Waals surface area contributed by atoms with Crippen molar-refractivity contribution < 1.29 is 14.7 Å². The lowest BCUT2D eigenvalue weighted by molar-refractivity contribution is -0.132. The largest absolute Gasteiger partial charge is 0.478 e. The van der Waals surface area contributed by atoms with Crippen LogP contribution in [0.1, 0.15) is 42.6 Å². The van der Waals surface area contributed by atoms with Gasteiger partial charge in [-0.2, -0.15) is 0 Å². The molecule has 0 radical (unpaired) electrons. The lowest BCUT2D eigenvalue weighted by Gasteiger charge is -2.30. The third-order valence-corrected chi connectivity index (χ3v) is 4.58. The molecule has 1 unspecified atom stereocenters. The highest BCUT2D eigenvalue weighted by Crippen LogP contribution is 2.49. The van der Waals surface area contributed by atoms with E-state index in [1.54, 1.807) is 12.1 Å². The van der Waals surface area contributed by atoms with Crippen LogP contribution >= 0.6 is 0 Å². The van der Waals surface area contributed by atoms with E-state index in [4.69, 9.17) is 5.11 Å². The molecule has 1 atom stereocenters. The molecule has 1 aromatic rings. The average Bonchev–Trinajstić information content (AvgIpc) is 3.17. The van der Waals surface area contributed by atoms with Gasteiger partial charge in [-0.15, -0.1) is 0 Å². The summed E-state index contributed by atoms with van der Waals surface area (Å²) in [6, 6.07) is 6.73. The molecule has 1 aliphatic carbocycles. The molecule has 108 valence electrons. The Kier molecular flexibility index (Phi) is 3.84. The number of carboxylic acid groups (broad SMARTS) is 1. The normalized spacial score (nSPS) is 17.4. The number of likely N-dealkylation sites (N-methyl/N-ethyl adjacent to an activating group) is 1. The van der Waals surface area contributed by atoms with Gasteiger partial charge in [0.25, 0.3) is 0 Å². The molecule has 1 N–H and O–H groups in total. The van der Waals surface area contributed by atoms with Gasteiger partial charge in [0.05, 0.1) is 12.0 Å². The zero-order valence-electron chi connectivity index (χ0n) is 12.2. The van der Waals surface area contributed by atoms with Gasteiger partial charge in [-0.05, 0) is 42.9 Å². The number of amides is 1. The maximum atomic E-state index is 12.3. The fourth-order valence-electron chi connectivity index (χ4n) is 2.36. The molecule has 4 heteroatoms. The summed E-state index contributed by atoms with van der Waals surface area (Å²) in [5.41, 5.74) is 1.37. The summed E-state index contributed by atoms with van der Waals surface area (Å²) in [5.74, 6) is -0.871. The molecule has 1 saturated carbocycles. The van der Waals surface area contributed by atoms with E-state index in [1.807, 2.05) is 11.9 Å². The molecule has 1 aromatic carbocycles. The van der Waals surface area contributed by atoms with Crippen LogP contribution in [0, 0.1) is 5.41 Å². The molecule has 1 fully saturated rings. The standard InChI is InChI=1S/C16H21NO3/c1-11(16(2)8-9-16)17(3)14(18)10-12-4-6-13(7-5-12)15(19)20/h4-7,11H,8-10H2,1-3H3,(H,19,20). The van der Waals surface area contributed by atoms with E-state index in [1.165, 1.54) is 25.0 Å². The summed E-state index contributed by atoms with van der Waals surface area (Å²) >= 11 is 0. The van der Waals surface area contributed by atoms with Gasteiger partial charge in [0.1, 0.15) is 0 Å². The summed E-state index contributed by atoms with van der Waals surface area (Å²) < 4.78 is 0. The summed E-state index contributed by atoms with van der Waals surface area (Å²) in [6.45, 7) is 4.31. The smallest absolute Gasteiger partial charge is 0.335 e. The lowest BCUT2D eigenvalue weighted by Crippen LogP contribution is -2.40. The van der Waals surface area contributed by atoms with Crippen molar-refractivity contribution in [1.29, 1.82) is 0 Å². The van der Waals surface area contributed by atoms with E-state index in [2.05, 4.69) is 13.8 Å². The van der Waals surface area contributed by atoms with Crippen LogP contribution in [0.2, 0.25) is 0 Å². The Morgan fingerprint density at radius 2 is 1.85 bits per heavy atom. The van der Waals surface area contributed by atoms with Crippen molar-refractivity contribution in [3.63, 3.8) is 0 Å². The molecule has 2 rings (SSSR count). The number of carbonyl (C=O) groups excluding carboxylic acids is 1. The molecule has 0 heterocycles. The summed E-state index contributed by atoms with van der Waals surface area (Å²) in [4.78, 5) is 24.8. The van der Waals surface area contributed by atoms with Crippen LogP contribution in [0.25, 0.3) is 0 Å². The topological polar surface area (TPSA) is 57.6 Å². The first-order valence-electron chi connectivity index (χ1n) is 6.91. The van der Waals surface area contributed by atoms with Crippen molar-refractivity contribution in [3.8, 4) is 0 Å². The van der Waals surface area contributed by atoms with Gasteiger partial charge in [0.15, 0.2) is 0 Å². The monoisotopic (exact) mass is 275 g/mol. The summed E-state index contributed by atoms with van der Waals surface area (Å²) in [7, 11) is 1.85. The maximum Gasteiger partial charge on any atom is 0.335 e. The SMILES string of the molecule is CC(N(C)C(=O)Cc1ccc(C(=O)O)cc1)C1(C)CC1. The third-order valence-electron chi connectivity index (χ3n) is 4.58. The molecule has 1 aliphatic rings. The first kappa shape index (κ1) is 14.6. The number of carbonyl (C=O) groups is 2. The fourth-order valence-corrected chi connectivity index (χ4v) is 2.36. The number of hydrogen-bond donors (Lipinski definition) is 1. The van der Waals surface area contributed by atoms with Crippen LogP contribution in [-0.2, 0) is 11.2 Å². The first-order valence-corrected chi connectivity index (χ1v) is 6.91. The van der Waals surface area contributed by atoms with Crippen LogP contribution < -0.4 is 0 Å². The molecule has 0 spiro atoms. The Hall–Kier alpha value is -1.84. The van der Waals surface area contributed by atoms with E-state index in [0.29, 0.717) is 6.42 Å². The van der Waals surface area contributed by atoms with Gasteiger partial charge in [-0.3, -0.25) is 4.79 Å². The zero-order chi connectivity index (χ0) is 14.9. The van der Waals surface area contributed by atoms with Crippen molar-refractivity contribution in [1.82, 2.24) is 4.90 Å². The van der Waals surface area contributed by atoms with E-state index in [9.17, 15) is 9.59 Å². The van der Waals surface area contributed by atoms with E-state index in [-0.39, 0.29) is 22.9 Å². The number of benzene rings is 1. The predicted molar refractivity (Wildman–Crippen MR) is 76.7 cm³/mol. The second-order valence-electron chi connectivity index (χ2n) is 6.01. The second kappa shape index (κ2) is 5.27. The molecule has 0 aromatic heterocycles. The molecular weight excluding hydrogens is 254 g/mol. The molecule has 20 heavy (non-hydrogen) atoms. The number of nitrogens with zero attached hydrogens (tertiary/aromatic N) is 1. The Morgan fingerprint density at radius 3 is 2.30 bits per heavy atom. The van der Waals surface area contributed by atoms with Crippen LogP contribution in [0.15, 0.2) is 24.3 Å². The Balaban J connectivity index is 1.98. The van der Waals surface area contributed by atoms with Gasteiger partial charge >= 0.3 is 5.97 Å². The van der Waals surface area contributed by atoms with Crippen LogP contribution in [0.3, 0.4) is 0 Å². The van der Waals surface area contributed by atoms with Gasteiger partial charge in [0.2, 0.25) is 5.91 Å². The summed E-state index contributed by atoms with van der Waals surface area (Å²) in [6.07, 6.45) is 2.68. The predicted octanol–water partition coefficient (Wildman–Crippen LogP) is 2.57. The van der Waals surface area contributed by atoms with Crippen LogP contribution in [0.5, 0.6) is 0 Å². The highest BCUT2D eigenvalue weighted by Gasteiger charge is 2.45. The van der Waals surface area contributed by atoms with E-state index < -0.39 is 5.97 Å². The number of aromatic carboxylic acids is 1. The molecular formula is C16H21NO3. The van der Waals surface area contributed by atoms with Crippen molar-refractivity contribution in [2.75, 3.05) is 7.05 Å². The highest BCUT2D eigenvalue weighted by atomic mass is 16.4. The molecule has 4 nitrogen and oxygen atoms in total. The molecule has 0 bridgehead atoms. The first-order chi connectivity index (χ1) is 9.33. The molecule has 0 aliphatic heterocycles. The van der Waals surface area contributed by atoms with Crippen LogP contribution in [-0.4, -0.2) is 35.0 Å². The Labute approximate surface area is 119 Å². The van der Waals surface area contributed by atoms with Gasteiger partial charge in [-0.1, -0.05) is 19.1 Å². The zero-order valence-corrected chi connectivity index (χ0v) is 12.2. The minimum Gasteiger partial charge on any atom is -0.478 e. The number of carboxylic acids is 1. The Morgan fingerprint density at radius 1 is 1.30 bits per heavy atom. The quantitative estimate of drug-likeness (QED) is 0.898. The van der Waals surface area contributed by atoms with E-state index in [0.717, 1.165) is 5.56 Å². The van der Waals surface area contributed by atoms with Crippen molar-refractivity contribution in [3.05, 3.63) is 35.4 Å². The number of rotatable bonds is 5. The van der Waals surface area contributed by atoms with Gasteiger partial charge in [0, 0.05) is 13.1 Å². The van der Waals surface area contributed by atoms with Gasteiger partial charge in [-0.25, -0.2) is 4.79 Å². The van der Waals surface area contributed by atoms with Crippen molar-refractivity contribution in [2.45, 2.75) is 39.2 Å². The van der Waals surface area contributed by atoms with Crippen molar-refractivity contribution in [2.24, 2.45) is 5.41 Å². The minimum atomic E-state index is -0.949. The van der Waals surface area contributed by atoms with Crippen LogP contribution in [0.4, 0.5) is 0 Å². The molecule has 0 saturated heterocycles. The average molecular weight is 275 g/mol. The lowest BCUT2D eigenvalue weighted by atomic mass is 9.99. The second-order valence-corrected chi connectivity index (χ2v) is 6.01. The molecule has 1 amide bonds.